The summed E-state index contributed by atoms with van der Waals surface area (Å²) < 4.78 is 0. The Balaban J connectivity index is 1.92. The van der Waals surface area contributed by atoms with Gasteiger partial charge in [0.2, 0.25) is 5.91 Å². The largest absolute Gasteiger partial charge is 0.480 e. The smallest absolute Gasteiger partial charge is 0.326 e. The molecule has 28 heavy (non-hydrogen) atoms. The van der Waals surface area contributed by atoms with Gasteiger partial charge in [0.15, 0.2) is 0 Å². The van der Waals surface area contributed by atoms with Crippen molar-refractivity contribution in [2.45, 2.75) is 89.5 Å². The number of carboxylic acids is 1. The Morgan fingerprint density at radius 2 is 1.46 bits per heavy atom. The van der Waals surface area contributed by atoms with Gasteiger partial charge >= 0.3 is 5.97 Å². The van der Waals surface area contributed by atoms with Gasteiger partial charge in [-0.05, 0) is 31.2 Å². The fourth-order valence-corrected chi connectivity index (χ4v) is 3.26. The molecule has 0 heterocycles. The highest BCUT2D eigenvalue weighted by Crippen LogP contribution is 2.12. The van der Waals surface area contributed by atoms with Crippen molar-refractivity contribution in [3.63, 3.8) is 0 Å². The van der Waals surface area contributed by atoms with E-state index in [4.69, 9.17) is 5.11 Å². The third-order valence-electron chi connectivity index (χ3n) is 4.92. The molecule has 0 saturated heterocycles. The second-order valence-electron chi connectivity index (χ2n) is 7.37. The van der Waals surface area contributed by atoms with E-state index in [1.165, 1.54) is 50.5 Å². The topological polar surface area (TPSA) is 83.5 Å². The quantitative estimate of drug-likeness (QED) is 0.299. The summed E-state index contributed by atoms with van der Waals surface area (Å²) in [7, 11) is 0. The normalized spacial score (nSPS) is 11.7. The van der Waals surface area contributed by atoms with Crippen LogP contribution in [0.4, 0.5) is 0 Å². The second kappa shape index (κ2) is 15.8. The summed E-state index contributed by atoms with van der Waals surface area (Å²) >= 11 is 0. The van der Waals surface area contributed by atoms with Crippen LogP contribution in [0.5, 0.6) is 0 Å². The Morgan fingerprint density at radius 3 is 2.04 bits per heavy atom. The molecule has 2 N–H and O–H groups in total. The van der Waals surface area contributed by atoms with Gasteiger partial charge in [-0.2, -0.15) is 0 Å². The van der Waals surface area contributed by atoms with Gasteiger partial charge in [-0.1, -0.05) is 75.3 Å². The van der Waals surface area contributed by atoms with E-state index in [-0.39, 0.29) is 18.7 Å². The molecule has 1 rings (SSSR count). The minimum atomic E-state index is -1.08. The van der Waals surface area contributed by atoms with Crippen LogP contribution in [-0.4, -0.2) is 29.3 Å². The molecule has 0 fully saturated rings. The first kappa shape index (κ1) is 23.9. The Kier molecular flexibility index (Phi) is 13.5. The van der Waals surface area contributed by atoms with Gasteiger partial charge in [0.05, 0.1) is 0 Å². The molecule has 1 aromatic carbocycles. The Hall–Kier alpha value is -2.17. The van der Waals surface area contributed by atoms with Crippen molar-refractivity contribution < 1.29 is 19.5 Å². The number of aldehydes is 1. The van der Waals surface area contributed by atoms with Crippen LogP contribution < -0.4 is 5.32 Å². The molecular formula is C23H35NO4. The van der Waals surface area contributed by atoms with E-state index in [1.807, 2.05) is 0 Å². The number of benzene rings is 1. The lowest BCUT2D eigenvalue weighted by atomic mass is 10.0. The highest BCUT2D eigenvalue weighted by atomic mass is 16.4. The van der Waals surface area contributed by atoms with Crippen LogP contribution >= 0.6 is 0 Å². The number of unbranched alkanes of at least 4 members (excludes halogenated alkanes) is 8. The van der Waals surface area contributed by atoms with Crippen molar-refractivity contribution in [2.75, 3.05) is 0 Å². The molecule has 0 aliphatic heterocycles. The predicted octanol–water partition coefficient (Wildman–Crippen LogP) is 4.68. The molecular weight excluding hydrogens is 354 g/mol. The number of aliphatic carboxylic acids is 1. The number of carbonyl (C=O) groups excluding carboxylic acids is 2. The van der Waals surface area contributed by atoms with Crippen LogP contribution in [0.3, 0.4) is 0 Å². The van der Waals surface area contributed by atoms with Gasteiger partial charge in [0.25, 0.3) is 0 Å². The van der Waals surface area contributed by atoms with E-state index in [9.17, 15) is 14.4 Å². The summed E-state index contributed by atoms with van der Waals surface area (Å²) in [6.45, 7) is 0. The molecule has 5 heteroatoms. The van der Waals surface area contributed by atoms with E-state index < -0.39 is 12.0 Å². The van der Waals surface area contributed by atoms with E-state index in [0.29, 0.717) is 12.7 Å². The first-order chi connectivity index (χ1) is 13.6. The maximum Gasteiger partial charge on any atom is 0.326 e. The fourth-order valence-electron chi connectivity index (χ4n) is 3.26. The van der Waals surface area contributed by atoms with Gasteiger partial charge < -0.3 is 15.2 Å². The van der Waals surface area contributed by atoms with Crippen LogP contribution in [0.1, 0.15) is 82.6 Å². The average molecular weight is 390 g/mol. The number of carboxylic acid groups (broad SMARTS) is 1. The Labute approximate surface area is 168 Å². The Morgan fingerprint density at radius 1 is 0.893 bits per heavy atom. The van der Waals surface area contributed by atoms with Crippen LogP contribution in [0.15, 0.2) is 30.3 Å². The van der Waals surface area contributed by atoms with Gasteiger partial charge in [0.1, 0.15) is 12.3 Å². The summed E-state index contributed by atoms with van der Waals surface area (Å²) in [6.07, 6.45) is 12.9. The van der Waals surface area contributed by atoms with Crippen LogP contribution in [0.2, 0.25) is 0 Å². The molecule has 1 aromatic rings. The van der Waals surface area contributed by atoms with E-state index in [0.717, 1.165) is 19.3 Å². The van der Waals surface area contributed by atoms with Gasteiger partial charge in [-0.3, -0.25) is 4.79 Å². The van der Waals surface area contributed by atoms with E-state index in [1.54, 1.807) is 0 Å². The molecule has 156 valence electrons. The van der Waals surface area contributed by atoms with E-state index >= 15 is 0 Å². The average Bonchev–Trinajstić information content (AvgIpc) is 2.69. The minimum Gasteiger partial charge on any atom is -0.480 e. The molecule has 0 saturated carbocycles. The summed E-state index contributed by atoms with van der Waals surface area (Å²) in [5.41, 5.74) is 1.42. The predicted molar refractivity (Wildman–Crippen MR) is 111 cm³/mol. The monoisotopic (exact) mass is 389 g/mol. The molecule has 0 aliphatic rings. The highest BCUT2D eigenvalue weighted by molar-refractivity contribution is 5.83. The van der Waals surface area contributed by atoms with Crippen molar-refractivity contribution >= 4 is 18.2 Å². The van der Waals surface area contributed by atoms with E-state index in [2.05, 4.69) is 35.6 Å². The third-order valence-corrected chi connectivity index (χ3v) is 4.92. The van der Waals surface area contributed by atoms with Crippen molar-refractivity contribution in [2.24, 2.45) is 0 Å². The number of hydrogen-bond donors (Lipinski definition) is 2. The zero-order valence-electron chi connectivity index (χ0n) is 16.9. The molecule has 1 amide bonds. The summed E-state index contributed by atoms with van der Waals surface area (Å²) in [5, 5.41) is 11.5. The highest BCUT2D eigenvalue weighted by Gasteiger charge is 2.18. The van der Waals surface area contributed by atoms with Gasteiger partial charge in [-0.15, -0.1) is 0 Å². The third kappa shape index (κ3) is 12.3. The zero-order valence-corrected chi connectivity index (χ0v) is 16.9. The molecule has 1 atom stereocenters. The Bertz CT molecular complexity index is 559. The number of nitrogens with one attached hydrogen (secondary N) is 1. The lowest BCUT2D eigenvalue weighted by molar-refractivity contribution is -0.142. The summed E-state index contributed by atoms with van der Waals surface area (Å²) in [5.74, 6) is -1.32. The lowest BCUT2D eigenvalue weighted by Gasteiger charge is -2.13. The minimum absolute atomic E-state index is 0.142. The number of hydrogen-bond acceptors (Lipinski definition) is 3. The first-order valence-electron chi connectivity index (χ1n) is 10.6. The number of amides is 1. The fraction of sp³-hybridized carbons (Fsp3) is 0.609. The number of aryl methyl sites for hydroxylation is 1. The number of carbonyl (C=O) groups is 3. The van der Waals surface area contributed by atoms with Crippen LogP contribution in [-0.2, 0) is 20.8 Å². The molecule has 0 aliphatic carbocycles. The van der Waals surface area contributed by atoms with Crippen molar-refractivity contribution in [3.8, 4) is 0 Å². The zero-order chi connectivity index (χ0) is 20.5. The van der Waals surface area contributed by atoms with Gasteiger partial charge in [-0.25, -0.2) is 4.79 Å². The maximum atomic E-state index is 11.8. The summed E-state index contributed by atoms with van der Waals surface area (Å²) in [6, 6.07) is 9.66. The molecule has 0 bridgehead atoms. The first-order valence-corrected chi connectivity index (χ1v) is 10.6. The maximum absolute atomic E-state index is 11.8. The van der Waals surface area contributed by atoms with Crippen molar-refractivity contribution in [1.82, 2.24) is 5.32 Å². The van der Waals surface area contributed by atoms with Crippen molar-refractivity contribution in [3.05, 3.63) is 35.9 Å². The molecule has 0 radical (unpaired) electrons. The molecule has 5 nitrogen and oxygen atoms in total. The molecule has 0 unspecified atom stereocenters. The van der Waals surface area contributed by atoms with Crippen LogP contribution in [0, 0.1) is 0 Å². The SMILES string of the molecule is O=CCC[C@H](NC(=O)CCCCCCCCCCCc1ccccc1)C(=O)O. The molecule has 0 spiro atoms. The molecule has 0 aromatic heterocycles. The van der Waals surface area contributed by atoms with Crippen molar-refractivity contribution in [1.29, 1.82) is 0 Å². The lowest BCUT2D eigenvalue weighted by Crippen LogP contribution is -2.40. The standard InChI is InChI=1S/C23H35NO4/c25-19-13-17-21(23(27)28)24-22(26)18-12-7-5-3-1-2-4-6-9-14-20-15-10-8-11-16-20/h8,10-11,15-16,19,21H,1-7,9,12-14,17-18H2,(H,24,26)(H,27,28)/t21-/m0/s1. The number of rotatable bonds is 17. The summed E-state index contributed by atoms with van der Waals surface area (Å²) in [4.78, 5) is 33.2. The second-order valence-corrected chi connectivity index (χ2v) is 7.37. The van der Waals surface area contributed by atoms with Gasteiger partial charge in [0, 0.05) is 12.8 Å². The van der Waals surface area contributed by atoms with Crippen LogP contribution in [0.25, 0.3) is 0 Å².